The molecule has 2 N–H and O–H groups in total. The summed E-state index contributed by atoms with van der Waals surface area (Å²) in [5.41, 5.74) is 0. The highest BCUT2D eigenvalue weighted by atomic mass is 32.2. The van der Waals surface area contributed by atoms with Crippen LogP contribution in [0.15, 0.2) is 0 Å². The molecule has 7 nitrogen and oxygen atoms in total. The predicted molar refractivity (Wildman–Crippen MR) is 65.9 cm³/mol. The van der Waals surface area contributed by atoms with E-state index in [-0.39, 0.29) is 6.54 Å². The summed E-state index contributed by atoms with van der Waals surface area (Å²) in [7, 11) is -2.19. The molecule has 0 aliphatic rings. The molecular weight excluding hydrogens is 262 g/mol. The van der Waals surface area contributed by atoms with Crippen LogP contribution in [0.25, 0.3) is 0 Å². The number of rotatable bonds is 11. The van der Waals surface area contributed by atoms with E-state index in [2.05, 4.69) is 4.72 Å². The SMILES string of the molecule is COCCOCCCCNS(=O)(=O)C(C)C(=O)O. The van der Waals surface area contributed by atoms with Crippen molar-refractivity contribution in [1.82, 2.24) is 4.72 Å². The number of sulfonamides is 1. The van der Waals surface area contributed by atoms with Gasteiger partial charge in [-0.25, -0.2) is 13.1 Å². The summed E-state index contributed by atoms with van der Waals surface area (Å²) in [4.78, 5) is 10.5. The van der Waals surface area contributed by atoms with Gasteiger partial charge in [0, 0.05) is 20.3 Å². The molecule has 0 saturated heterocycles. The van der Waals surface area contributed by atoms with Gasteiger partial charge in [0.15, 0.2) is 5.25 Å². The Labute approximate surface area is 108 Å². The molecule has 0 amide bonds. The van der Waals surface area contributed by atoms with Gasteiger partial charge < -0.3 is 14.6 Å². The van der Waals surface area contributed by atoms with E-state index in [4.69, 9.17) is 14.6 Å². The number of aliphatic carboxylic acids is 1. The molecule has 0 saturated carbocycles. The van der Waals surface area contributed by atoms with Crippen molar-refractivity contribution in [2.75, 3.05) is 33.5 Å². The molecule has 0 aliphatic heterocycles. The standard InChI is InChI=1S/C10H21NO6S/c1-9(10(12)13)18(14,15)11-5-3-4-6-17-8-7-16-2/h9,11H,3-8H2,1-2H3,(H,12,13). The van der Waals surface area contributed by atoms with Gasteiger partial charge in [0.05, 0.1) is 13.2 Å². The molecule has 0 bridgehead atoms. The number of carbonyl (C=O) groups is 1. The van der Waals surface area contributed by atoms with Crippen molar-refractivity contribution in [3.63, 3.8) is 0 Å². The second-order valence-electron chi connectivity index (χ2n) is 3.73. The smallest absolute Gasteiger partial charge is 0.323 e. The molecule has 0 aliphatic carbocycles. The Morgan fingerprint density at radius 1 is 1.28 bits per heavy atom. The number of hydrogen-bond donors (Lipinski definition) is 2. The van der Waals surface area contributed by atoms with Gasteiger partial charge >= 0.3 is 5.97 Å². The average Bonchev–Trinajstić information content (AvgIpc) is 2.31. The van der Waals surface area contributed by atoms with Crippen LogP contribution in [0.2, 0.25) is 0 Å². The van der Waals surface area contributed by atoms with Crippen LogP contribution >= 0.6 is 0 Å². The van der Waals surface area contributed by atoms with E-state index < -0.39 is 21.2 Å². The van der Waals surface area contributed by atoms with E-state index in [0.29, 0.717) is 32.7 Å². The summed E-state index contributed by atoms with van der Waals surface area (Å²) in [6, 6.07) is 0. The molecule has 0 aromatic carbocycles. The minimum absolute atomic E-state index is 0.216. The lowest BCUT2D eigenvalue weighted by molar-refractivity contribution is -0.136. The lowest BCUT2D eigenvalue weighted by Gasteiger charge is -2.09. The zero-order valence-corrected chi connectivity index (χ0v) is 11.5. The highest BCUT2D eigenvalue weighted by molar-refractivity contribution is 7.90. The van der Waals surface area contributed by atoms with Crippen LogP contribution < -0.4 is 4.72 Å². The first-order valence-corrected chi connectivity index (χ1v) is 7.24. The van der Waals surface area contributed by atoms with Gasteiger partial charge in [0.2, 0.25) is 10.0 Å². The topological polar surface area (TPSA) is 102 Å². The van der Waals surface area contributed by atoms with Crippen LogP contribution in [0, 0.1) is 0 Å². The van der Waals surface area contributed by atoms with E-state index in [1.165, 1.54) is 0 Å². The number of unbranched alkanes of at least 4 members (excludes halogenated alkanes) is 1. The van der Waals surface area contributed by atoms with Crippen LogP contribution in [-0.2, 0) is 24.3 Å². The molecule has 108 valence electrons. The third-order valence-corrected chi connectivity index (χ3v) is 4.00. The zero-order chi connectivity index (χ0) is 14.0. The Morgan fingerprint density at radius 2 is 1.94 bits per heavy atom. The van der Waals surface area contributed by atoms with Crippen molar-refractivity contribution in [3.8, 4) is 0 Å². The largest absolute Gasteiger partial charge is 0.480 e. The van der Waals surface area contributed by atoms with Crippen molar-refractivity contribution in [1.29, 1.82) is 0 Å². The van der Waals surface area contributed by atoms with E-state index in [9.17, 15) is 13.2 Å². The van der Waals surface area contributed by atoms with E-state index in [1.54, 1.807) is 7.11 Å². The van der Waals surface area contributed by atoms with Crippen LogP contribution in [0.5, 0.6) is 0 Å². The maximum atomic E-state index is 11.4. The minimum Gasteiger partial charge on any atom is -0.480 e. The second-order valence-corrected chi connectivity index (χ2v) is 5.82. The predicted octanol–water partition coefficient (Wildman–Crippen LogP) is -0.178. The molecule has 0 fully saturated rings. The van der Waals surface area contributed by atoms with E-state index in [1.807, 2.05) is 0 Å². The Balaban J connectivity index is 3.63. The molecule has 1 unspecified atom stereocenters. The van der Waals surface area contributed by atoms with E-state index >= 15 is 0 Å². The average molecular weight is 283 g/mol. The van der Waals surface area contributed by atoms with Crippen molar-refractivity contribution >= 4 is 16.0 Å². The Hall–Kier alpha value is -0.700. The quantitative estimate of drug-likeness (QED) is 0.510. The number of carboxylic acid groups (broad SMARTS) is 1. The van der Waals surface area contributed by atoms with Crippen molar-refractivity contribution < 1.29 is 27.8 Å². The summed E-state index contributed by atoms with van der Waals surface area (Å²) in [6.45, 7) is 2.92. The van der Waals surface area contributed by atoms with Gasteiger partial charge in [-0.05, 0) is 19.8 Å². The van der Waals surface area contributed by atoms with Crippen molar-refractivity contribution in [2.24, 2.45) is 0 Å². The first-order valence-electron chi connectivity index (χ1n) is 5.69. The number of carboxylic acids is 1. The van der Waals surface area contributed by atoms with Gasteiger partial charge in [0.25, 0.3) is 0 Å². The molecule has 0 aromatic heterocycles. The van der Waals surface area contributed by atoms with Crippen LogP contribution in [0.1, 0.15) is 19.8 Å². The first-order chi connectivity index (χ1) is 8.41. The third kappa shape index (κ3) is 7.59. The molecule has 0 aromatic rings. The van der Waals surface area contributed by atoms with Crippen molar-refractivity contribution in [2.45, 2.75) is 25.0 Å². The fraction of sp³-hybridized carbons (Fsp3) is 0.900. The normalized spacial score (nSPS) is 13.4. The van der Waals surface area contributed by atoms with Gasteiger partial charge in [-0.15, -0.1) is 0 Å². The first kappa shape index (κ1) is 17.3. The van der Waals surface area contributed by atoms with Gasteiger partial charge in [-0.3, -0.25) is 4.79 Å². The Bertz CT molecular complexity index is 329. The molecule has 0 rings (SSSR count). The van der Waals surface area contributed by atoms with Crippen LogP contribution in [0.4, 0.5) is 0 Å². The molecule has 18 heavy (non-hydrogen) atoms. The summed E-state index contributed by atoms with van der Waals surface area (Å²) in [5, 5.41) is 7.16. The maximum absolute atomic E-state index is 11.4. The number of nitrogens with one attached hydrogen (secondary N) is 1. The second kappa shape index (κ2) is 9.26. The van der Waals surface area contributed by atoms with Crippen LogP contribution in [0.3, 0.4) is 0 Å². The highest BCUT2D eigenvalue weighted by Crippen LogP contribution is 1.99. The Kier molecular flexibility index (Phi) is 8.90. The fourth-order valence-corrected chi connectivity index (χ4v) is 1.99. The van der Waals surface area contributed by atoms with E-state index in [0.717, 1.165) is 6.92 Å². The summed E-state index contributed by atoms with van der Waals surface area (Å²) in [5.74, 6) is -1.36. The van der Waals surface area contributed by atoms with Gasteiger partial charge in [-0.1, -0.05) is 0 Å². The zero-order valence-electron chi connectivity index (χ0n) is 10.7. The van der Waals surface area contributed by atoms with Gasteiger partial charge in [-0.2, -0.15) is 0 Å². The maximum Gasteiger partial charge on any atom is 0.323 e. The lowest BCUT2D eigenvalue weighted by atomic mass is 10.3. The minimum atomic E-state index is -3.77. The molecule has 0 radical (unpaired) electrons. The van der Waals surface area contributed by atoms with Gasteiger partial charge in [0.1, 0.15) is 0 Å². The monoisotopic (exact) mass is 283 g/mol. The third-order valence-electron chi connectivity index (χ3n) is 2.26. The van der Waals surface area contributed by atoms with Crippen LogP contribution in [-0.4, -0.2) is 58.2 Å². The number of methoxy groups -OCH3 is 1. The summed E-state index contributed by atoms with van der Waals surface area (Å²) < 4.78 is 35.1. The molecular formula is C10H21NO6S. The number of hydrogen-bond acceptors (Lipinski definition) is 5. The highest BCUT2D eigenvalue weighted by Gasteiger charge is 2.26. The fourth-order valence-electron chi connectivity index (χ4n) is 1.05. The number of ether oxygens (including phenoxy) is 2. The molecule has 0 spiro atoms. The van der Waals surface area contributed by atoms with Crippen molar-refractivity contribution in [3.05, 3.63) is 0 Å². The summed E-state index contributed by atoms with van der Waals surface area (Å²) in [6.07, 6.45) is 1.30. The Morgan fingerprint density at radius 3 is 2.50 bits per heavy atom. The lowest BCUT2D eigenvalue weighted by Crippen LogP contribution is -2.37. The molecule has 1 atom stereocenters. The molecule has 0 heterocycles. The molecule has 8 heteroatoms. The summed E-state index contributed by atoms with van der Waals surface area (Å²) >= 11 is 0.